The van der Waals surface area contributed by atoms with E-state index in [0.717, 1.165) is 37.7 Å². The molecule has 1 aliphatic carbocycles. The van der Waals surface area contributed by atoms with Crippen LogP contribution in [0.2, 0.25) is 0 Å². The molecular formula is C50H62F6O8S5. The molecule has 1 aliphatic rings. The summed E-state index contributed by atoms with van der Waals surface area (Å²) in [6, 6.07) is 12.1. The molecular weight excluding hydrogens is 1000 g/mol. The largest absolute Gasteiger partial charge is 0.382 e. The van der Waals surface area contributed by atoms with Crippen molar-refractivity contribution in [3.05, 3.63) is 79.2 Å². The number of methoxy groups -OCH3 is 2. The molecule has 8 nitrogen and oxygen atoms in total. The maximum Gasteiger partial charge on any atom is 0.380 e. The zero-order valence-corrected chi connectivity index (χ0v) is 44.5. The van der Waals surface area contributed by atoms with Gasteiger partial charge in [-0.3, -0.25) is 0 Å². The number of thiophene rings is 4. The normalized spacial score (nSPS) is 16.2. The van der Waals surface area contributed by atoms with E-state index in [-0.39, 0.29) is 34.0 Å². The fourth-order valence-electron chi connectivity index (χ4n) is 7.02. The van der Waals surface area contributed by atoms with Gasteiger partial charge in [0.15, 0.2) is 0 Å². The van der Waals surface area contributed by atoms with Crippen LogP contribution in [0.5, 0.6) is 0 Å². The van der Waals surface area contributed by atoms with Crippen LogP contribution in [0.1, 0.15) is 80.0 Å². The first-order valence-electron chi connectivity index (χ1n) is 22.3. The van der Waals surface area contributed by atoms with Crippen molar-refractivity contribution >= 4 is 67.6 Å². The van der Waals surface area contributed by atoms with Gasteiger partial charge in [0.05, 0.1) is 95.4 Å². The summed E-state index contributed by atoms with van der Waals surface area (Å²) < 4.78 is 141. The summed E-state index contributed by atoms with van der Waals surface area (Å²) in [4.78, 5) is 5.01. The standard InChI is InChI=1S/C50H62F6O8S5/c1-11-65-35(36-14-18-41(66-36)46(5,6)63-30-28-61-26-24-59-22-20-57-9)13-12-34-43(49(53,54)50(55,56)48(34,51)52)33-32-39(69-44(33)38-16-17-40(68-38)45(2,3)4)37-15-19-42(67-37)47(7,8)64-31-29-62-27-25-60-23-21-58-10/h1,13-19,32H,12,20-31H2,2-10H3/b35-13-. The Kier molecular flexibility index (Phi) is 20.7. The molecule has 0 fully saturated rings. The Hall–Kier alpha value is -2.55. The third-order valence-electron chi connectivity index (χ3n) is 10.9. The number of terminal acetylenes is 1. The highest BCUT2D eigenvalue weighted by Crippen LogP contribution is 2.65. The topological polar surface area (TPSA) is 73.8 Å². The third kappa shape index (κ3) is 14.2. The lowest BCUT2D eigenvalue weighted by Gasteiger charge is -2.25. The van der Waals surface area contributed by atoms with E-state index in [1.807, 2.05) is 60.6 Å². The molecule has 0 amide bonds. The molecule has 69 heavy (non-hydrogen) atoms. The molecule has 19 heteroatoms. The molecule has 4 heterocycles. The lowest BCUT2D eigenvalue weighted by molar-refractivity contribution is -0.260. The summed E-state index contributed by atoms with van der Waals surface area (Å²) >= 11 is 5.84. The van der Waals surface area contributed by atoms with Gasteiger partial charge in [0, 0.05) is 70.0 Å². The number of thioether (sulfide) groups is 1. The van der Waals surface area contributed by atoms with Crippen LogP contribution in [0.4, 0.5) is 26.3 Å². The summed E-state index contributed by atoms with van der Waals surface area (Å²) in [7, 11) is 3.19. The Balaban J connectivity index is 1.47. The van der Waals surface area contributed by atoms with Gasteiger partial charge in [-0.1, -0.05) is 26.8 Å². The second-order valence-corrected chi connectivity index (χ2v) is 23.0. The van der Waals surface area contributed by atoms with Crippen molar-refractivity contribution in [3.63, 3.8) is 0 Å². The van der Waals surface area contributed by atoms with E-state index < -0.39 is 46.5 Å². The highest BCUT2D eigenvalue weighted by atomic mass is 32.2. The van der Waals surface area contributed by atoms with Crippen molar-refractivity contribution in [2.24, 2.45) is 0 Å². The minimum Gasteiger partial charge on any atom is -0.382 e. The fourth-order valence-corrected chi connectivity index (χ4v) is 12.2. The lowest BCUT2D eigenvalue weighted by Crippen LogP contribution is -2.49. The van der Waals surface area contributed by atoms with Crippen molar-refractivity contribution in [2.75, 3.05) is 93.5 Å². The van der Waals surface area contributed by atoms with Gasteiger partial charge in [-0.25, -0.2) is 0 Å². The number of hydrogen-bond donors (Lipinski definition) is 0. The third-order valence-corrected chi connectivity index (χ3v) is 17.6. The van der Waals surface area contributed by atoms with Gasteiger partial charge in [0.1, 0.15) is 0 Å². The van der Waals surface area contributed by atoms with Crippen LogP contribution in [0, 0.1) is 11.7 Å². The molecule has 0 atom stereocenters. The van der Waals surface area contributed by atoms with Crippen LogP contribution in [0.25, 0.3) is 30.0 Å². The smallest absolute Gasteiger partial charge is 0.380 e. The molecule has 0 aromatic carbocycles. The molecule has 4 aromatic heterocycles. The zero-order valence-electron chi connectivity index (χ0n) is 40.5. The van der Waals surface area contributed by atoms with E-state index in [1.165, 1.54) is 46.2 Å². The van der Waals surface area contributed by atoms with Crippen LogP contribution in [0.3, 0.4) is 0 Å². The van der Waals surface area contributed by atoms with E-state index >= 15 is 26.3 Å². The van der Waals surface area contributed by atoms with Gasteiger partial charge in [-0.2, -0.15) is 26.3 Å². The molecule has 0 radical (unpaired) electrons. The van der Waals surface area contributed by atoms with Gasteiger partial charge >= 0.3 is 17.8 Å². The summed E-state index contributed by atoms with van der Waals surface area (Å²) in [5.74, 6) is -16.2. The number of allylic oxidation sites excluding steroid dienone is 3. The van der Waals surface area contributed by atoms with Crippen molar-refractivity contribution in [3.8, 4) is 31.2 Å². The van der Waals surface area contributed by atoms with Crippen LogP contribution in [0.15, 0.2) is 54.1 Å². The van der Waals surface area contributed by atoms with E-state index in [0.29, 0.717) is 85.6 Å². The molecule has 0 saturated carbocycles. The van der Waals surface area contributed by atoms with E-state index in [9.17, 15) is 0 Å². The molecule has 0 N–H and O–H groups in total. The van der Waals surface area contributed by atoms with Crippen molar-refractivity contribution in [1.82, 2.24) is 0 Å². The summed E-state index contributed by atoms with van der Waals surface area (Å²) in [5, 5.41) is 2.43. The fraction of sp³-hybridized carbons (Fsp3) is 0.560. The van der Waals surface area contributed by atoms with Gasteiger partial charge in [0.2, 0.25) is 0 Å². The predicted molar refractivity (Wildman–Crippen MR) is 270 cm³/mol. The Bertz CT molecular complexity index is 2360. The SMILES string of the molecule is C#CS/C(=C\CC1=C(c2cc(-c3ccc(C(C)(C)OCCOCCOCCOC)s3)sc2-c2ccc(C(C)(C)C)s2)C(F)(F)C(F)(F)C1(F)F)c1ccc(C(C)(C)OCCOCCOCCOC)s1. The van der Waals surface area contributed by atoms with Crippen LogP contribution < -0.4 is 0 Å². The number of ether oxygens (including phenoxy) is 8. The van der Waals surface area contributed by atoms with Gasteiger partial charge in [0.25, 0.3) is 0 Å². The van der Waals surface area contributed by atoms with Gasteiger partial charge in [-0.15, -0.1) is 51.8 Å². The van der Waals surface area contributed by atoms with Crippen molar-refractivity contribution in [1.29, 1.82) is 0 Å². The number of halogens is 6. The van der Waals surface area contributed by atoms with Gasteiger partial charge in [-0.05, 0) is 99.0 Å². The highest BCUT2D eigenvalue weighted by Gasteiger charge is 2.80. The van der Waals surface area contributed by atoms with E-state index in [2.05, 4.69) is 5.25 Å². The van der Waals surface area contributed by atoms with E-state index in [1.54, 1.807) is 38.5 Å². The second-order valence-electron chi connectivity index (χ2n) is 17.8. The minimum absolute atomic E-state index is 0.188. The average Bonchev–Trinajstić information content (AvgIpc) is 4.13. The van der Waals surface area contributed by atoms with Crippen LogP contribution in [-0.4, -0.2) is 111 Å². The minimum atomic E-state index is -5.74. The molecule has 0 spiro atoms. The van der Waals surface area contributed by atoms with Gasteiger partial charge < -0.3 is 37.9 Å². The molecule has 5 rings (SSSR count). The first kappa shape index (κ1) is 57.4. The maximum atomic E-state index is 16.5. The molecule has 0 saturated heterocycles. The quantitative estimate of drug-likeness (QED) is 0.0300. The lowest BCUT2D eigenvalue weighted by atomic mass is 9.95. The summed E-state index contributed by atoms with van der Waals surface area (Å²) in [5.41, 5.74) is -5.08. The summed E-state index contributed by atoms with van der Waals surface area (Å²) in [6.07, 6.45) is 6.01. The Morgan fingerprint density at radius 2 is 1.07 bits per heavy atom. The molecule has 0 unspecified atom stereocenters. The molecule has 4 aromatic rings. The van der Waals surface area contributed by atoms with E-state index in [4.69, 9.17) is 44.3 Å². The zero-order chi connectivity index (χ0) is 50.7. The Morgan fingerprint density at radius 3 is 1.59 bits per heavy atom. The average molecular weight is 1070 g/mol. The number of rotatable bonds is 29. The Morgan fingerprint density at radius 1 is 0.594 bits per heavy atom. The first-order chi connectivity index (χ1) is 32.5. The molecule has 0 aliphatic heterocycles. The van der Waals surface area contributed by atoms with Crippen molar-refractivity contribution < 1.29 is 64.2 Å². The molecule has 0 bridgehead atoms. The van der Waals surface area contributed by atoms with Crippen molar-refractivity contribution in [2.45, 2.75) is 89.3 Å². The second kappa shape index (κ2) is 24.9. The predicted octanol–water partition coefficient (Wildman–Crippen LogP) is 13.9. The highest BCUT2D eigenvalue weighted by molar-refractivity contribution is 8.12. The molecule has 382 valence electrons. The number of alkyl halides is 6. The summed E-state index contributed by atoms with van der Waals surface area (Å²) in [6.45, 7) is 18.1. The van der Waals surface area contributed by atoms with Crippen LogP contribution >= 0.6 is 57.1 Å². The first-order valence-corrected chi connectivity index (χ1v) is 26.3. The number of hydrogen-bond acceptors (Lipinski definition) is 13. The monoisotopic (exact) mass is 1060 g/mol. The Labute approximate surface area is 422 Å². The van der Waals surface area contributed by atoms with Crippen LogP contribution in [-0.2, 0) is 54.5 Å². The maximum absolute atomic E-state index is 16.5.